The SMILES string of the molecule is C#CC(C)(C)CC(CCC=C)O[PH](=O)O. The first-order valence-corrected chi connectivity index (χ1v) is 6.16. The van der Waals surface area contributed by atoms with Gasteiger partial charge in [0.15, 0.2) is 0 Å². The van der Waals surface area contributed by atoms with E-state index in [1.165, 1.54) is 0 Å². The standard InChI is InChI=1S/C11H19O3P/c1-5-7-8-10(14-15(12)13)9-11(3,4)6-2/h2,5,10,15H,1,7-9H2,3-4H3,(H,12,13). The van der Waals surface area contributed by atoms with Crippen molar-refractivity contribution in [2.75, 3.05) is 0 Å². The summed E-state index contributed by atoms with van der Waals surface area (Å²) >= 11 is 0. The minimum Gasteiger partial charge on any atom is -0.326 e. The van der Waals surface area contributed by atoms with Gasteiger partial charge in [0.1, 0.15) is 0 Å². The largest absolute Gasteiger partial charge is 0.326 e. The predicted octanol–water partition coefficient (Wildman–Crippen LogP) is 2.77. The van der Waals surface area contributed by atoms with Gasteiger partial charge < -0.3 is 9.42 Å². The Morgan fingerprint density at radius 2 is 2.33 bits per heavy atom. The lowest BCUT2D eigenvalue weighted by Crippen LogP contribution is -2.20. The van der Waals surface area contributed by atoms with E-state index in [-0.39, 0.29) is 11.5 Å². The number of rotatable bonds is 7. The number of hydrogen-bond acceptors (Lipinski definition) is 2. The first kappa shape index (κ1) is 14.5. The van der Waals surface area contributed by atoms with Crippen molar-refractivity contribution in [1.82, 2.24) is 0 Å². The average Bonchev–Trinajstić information content (AvgIpc) is 2.13. The molecule has 0 saturated heterocycles. The average molecular weight is 230 g/mol. The fourth-order valence-electron chi connectivity index (χ4n) is 1.28. The molecule has 0 saturated carbocycles. The van der Waals surface area contributed by atoms with Crippen LogP contribution in [0, 0.1) is 17.8 Å². The molecule has 0 fully saturated rings. The van der Waals surface area contributed by atoms with Crippen molar-refractivity contribution in [2.24, 2.45) is 5.41 Å². The molecule has 0 aromatic rings. The summed E-state index contributed by atoms with van der Waals surface area (Å²) in [6.07, 6.45) is 8.84. The summed E-state index contributed by atoms with van der Waals surface area (Å²) in [6.45, 7) is 7.42. The van der Waals surface area contributed by atoms with Gasteiger partial charge in [-0.1, -0.05) is 6.08 Å². The molecule has 0 spiro atoms. The highest BCUT2D eigenvalue weighted by Crippen LogP contribution is 2.30. The van der Waals surface area contributed by atoms with Gasteiger partial charge >= 0.3 is 8.25 Å². The van der Waals surface area contributed by atoms with Crippen molar-refractivity contribution in [2.45, 2.75) is 39.2 Å². The van der Waals surface area contributed by atoms with Gasteiger partial charge in [0.05, 0.1) is 6.10 Å². The molecule has 0 aliphatic heterocycles. The molecule has 15 heavy (non-hydrogen) atoms. The third-order valence-electron chi connectivity index (χ3n) is 2.09. The minimum absolute atomic E-state index is 0.273. The Hall–Kier alpha value is -0.550. The van der Waals surface area contributed by atoms with E-state index in [9.17, 15) is 4.57 Å². The van der Waals surface area contributed by atoms with Crippen LogP contribution in [0.1, 0.15) is 33.1 Å². The quantitative estimate of drug-likeness (QED) is 0.415. The highest BCUT2D eigenvalue weighted by Gasteiger charge is 2.22. The van der Waals surface area contributed by atoms with Crippen molar-refractivity contribution < 1.29 is 14.0 Å². The fraction of sp³-hybridized carbons (Fsp3) is 0.636. The molecule has 0 heterocycles. The van der Waals surface area contributed by atoms with E-state index in [1.807, 2.05) is 13.8 Å². The normalized spacial score (nSPS) is 15.3. The summed E-state index contributed by atoms with van der Waals surface area (Å²) < 4.78 is 15.6. The maximum Gasteiger partial charge on any atom is 0.316 e. The lowest BCUT2D eigenvalue weighted by molar-refractivity contribution is 0.142. The zero-order chi connectivity index (χ0) is 11.9. The van der Waals surface area contributed by atoms with Crippen LogP contribution in [0.25, 0.3) is 0 Å². The summed E-state index contributed by atoms with van der Waals surface area (Å²) in [5.74, 6) is 2.64. The Morgan fingerprint density at radius 1 is 1.73 bits per heavy atom. The maximum atomic E-state index is 10.6. The second-order valence-electron chi connectivity index (χ2n) is 4.10. The van der Waals surface area contributed by atoms with Gasteiger partial charge in [-0.05, 0) is 33.1 Å². The molecule has 0 aliphatic rings. The van der Waals surface area contributed by atoms with Crippen LogP contribution in [0.2, 0.25) is 0 Å². The molecule has 4 heteroatoms. The zero-order valence-electron chi connectivity index (χ0n) is 9.32. The van der Waals surface area contributed by atoms with Crippen molar-refractivity contribution in [3.63, 3.8) is 0 Å². The summed E-state index contributed by atoms with van der Waals surface area (Å²) in [6, 6.07) is 0. The van der Waals surface area contributed by atoms with Crippen molar-refractivity contribution in [1.29, 1.82) is 0 Å². The van der Waals surface area contributed by atoms with E-state index >= 15 is 0 Å². The molecule has 0 rings (SSSR count). The lowest BCUT2D eigenvalue weighted by atomic mass is 9.86. The van der Waals surface area contributed by atoms with Crippen molar-refractivity contribution >= 4 is 8.25 Å². The molecule has 0 aromatic carbocycles. The lowest BCUT2D eigenvalue weighted by Gasteiger charge is -2.24. The molecule has 0 aromatic heterocycles. The smallest absolute Gasteiger partial charge is 0.316 e. The van der Waals surface area contributed by atoms with Gasteiger partial charge in [0, 0.05) is 5.41 Å². The molecule has 1 N–H and O–H groups in total. The van der Waals surface area contributed by atoms with Crippen LogP contribution in [-0.4, -0.2) is 11.0 Å². The van der Waals surface area contributed by atoms with Gasteiger partial charge in [-0.3, -0.25) is 4.57 Å². The highest BCUT2D eigenvalue weighted by atomic mass is 31.1. The number of allylic oxidation sites excluding steroid dienone is 1. The monoisotopic (exact) mass is 230 g/mol. The maximum absolute atomic E-state index is 10.6. The van der Waals surface area contributed by atoms with Crippen LogP contribution < -0.4 is 0 Å². The molecule has 2 atom stereocenters. The van der Waals surface area contributed by atoms with Crippen LogP contribution in [0.4, 0.5) is 0 Å². The van der Waals surface area contributed by atoms with E-state index in [0.717, 1.165) is 6.42 Å². The van der Waals surface area contributed by atoms with Crippen LogP contribution in [-0.2, 0) is 9.09 Å². The van der Waals surface area contributed by atoms with Crippen molar-refractivity contribution in [3.05, 3.63) is 12.7 Å². The Bertz CT molecular complexity index is 265. The summed E-state index contributed by atoms with van der Waals surface area (Å²) in [4.78, 5) is 8.74. The van der Waals surface area contributed by atoms with Crippen molar-refractivity contribution in [3.8, 4) is 12.3 Å². The van der Waals surface area contributed by atoms with Crippen LogP contribution >= 0.6 is 8.25 Å². The molecular formula is C11H19O3P. The Kier molecular flexibility index (Phi) is 6.60. The van der Waals surface area contributed by atoms with Gasteiger partial charge in [0.25, 0.3) is 0 Å². The first-order valence-electron chi connectivity index (χ1n) is 4.89. The number of hydrogen-bond donors (Lipinski definition) is 1. The number of terminal acetylenes is 1. The molecule has 0 radical (unpaired) electrons. The van der Waals surface area contributed by atoms with Gasteiger partial charge in [-0.15, -0.1) is 18.9 Å². The van der Waals surface area contributed by atoms with E-state index < -0.39 is 8.25 Å². The minimum atomic E-state index is -2.90. The van der Waals surface area contributed by atoms with E-state index in [2.05, 4.69) is 12.5 Å². The molecule has 2 unspecified atom stereocenters. The van der Waals surface area contributed by atoms with Crippen LogP contribution in [0.15, 0.2) is 12.7 Å². The van der Waals surface area contributed by atoms with Gasteiger partial charge in [-0.25, -0.2) is 0 Å². The van der Waals surface area contributed by atoms with E-state index in [4.69, 9.17) is 15.8 Å². The summed E-state index contributed by atoms with van der Waals surface area (Å²) in [7, 11) is -2.90. The van der Waals surface area contributed by atoms with Crippen LogP contribution in [0.5, 0.6) is 0 Å². The zero-order valence-corrected chi connectivity index (χ0v) is 10.3. The molecule has 0 bridgehead atoms. The highest BCUT2D eigenvalue weighted by molar-refractivity contribution is 7.32. The fourth-order valence-corrected chi connectivity index (χ4v) is 1.76. The Labute approximate surface area is 92.5 Å². The third-order valence-corrected chi connectivity index (χ3v) is 2.62. The molecular weight excluding hydrogens is 211 g/mol. The molecule has 0 amide bonds. The second kappa shape index (κ2) is 6.85. The van der Waals surface area contributed by atoms with Gasteiger partial charge in [-0.2, -0.15) is 0 Å². The second-order valence-corrected chi connectivity index (χ2v) is 4.87. The topological polar surface area (TPSA) is 46.5 Å². The summed E-state index contributed by atoms with van der Waals surface area (Å²) in [5.41, 5.74) is -0.316. The molecule has 86 valence electrons. The Morgan fingerprint density at radius 3 is 2.73 bits per heavy atom. The Balaban J connectivity index is 4.30. The third kappa shape index (κ3) is 7.39. The molecule has 3 nitrogen and oxygen atoms in total. The van der Waals surface area contributed by atoms with E-state index in [1.54, 1.807) is 6.08 Å². The van der Waals surface area contributed by atoms with E-state index in [0.29, 0.717) is 12.8 Å². The van der Waals surface area contributed by atoms with Crippen LogP contribution in [0.3, 0.4) is 0 Å². The first-order chi connectivity index (χ1) is 6.91. The van der Waals surface area contributed by atoms with Gasteiger partial charge in [0.2, 0.25) is 0 Å². The molecule has 0 aliphatic carbocycles. The summed E-state index contributed by atoms with van der Waals surface area (Å²) in [5, 5.41) is 0. The predicted molar refractivity (Wildman–Crippen MR) is 62.8 cm³/mol.